The number of thiocarbonyl (C=S) groups is 1. The highest BCUT2D eigenvalue weighted by Crippen LogP contribution is 2.24. The van der Waals surface area contributed by atoms with Crippen LogP contribution in [0.15, 0.2) is 33.6 Å². The van der Waals surface area contributed by atoms with Crippen LogP contribution in [0.5, 0.6) is 0 Å². The molecule has 0 saturated heterocycles. The molecular weight excluding hydrogens is 176 g/mol. The maximum atomic E-state index is 5.62. The van der Waals surface area contributed by atoms with Crippen LogP contribution in [-0.4, -0.2) is 5.16 Å². The van der Waals surface area contributed by atoms with Crippen LogP contribution in [0.3, 0.4) is 0 Å². The van der Waals surface area contributed by atoms with E-state index in [-0.39, 0.29) is 0 Å². The molecule has 0 aromatic heterocycles. The topological polar surface area (TPSA) is 38.4 Å². The Balaban J connectivity index is 2.85. The Kier molecular flexibility index (Phi) is 3.11. The van der Waals surface area contributed by atoms with Gasteiger partial charge in [-0.1, -0.05) is 12.1 Å². The van der Waals surface area contributed by atoms with E-state index in [1.807, 2.05) is 24.3 Å². The van der Waals surface area contributed by atoms with Gasteiger partial charge in [0.1, 0.15) is 0 Å². The number of nitrogen functional groups attached to an aromatic ring is 1. The van der Waals surface area contributed by atoms with E-state index >= 15 is 0 Å². The molecule has 1 rings (SSSR count). The quantitative estimate of drug-likeness (QED) is 0.330. The third-order valence-electron chi connectivity index (χ3n) is 1.10. The molecule has 0 amide bonds. The zero-order valence-electron chi connectivity index (χ0n) is 5.65. The van der Waals surface area contributed by atoms with E-state index in [0.29, 0.717) is 5.69 Å². The highest BCUT2D eigenvalue weighted by Gasteiger charge is 1.94. The predicted octanol–water partition coefficient (Wildman–Crippen LogP) is 2.38. The van der Waals surface area contributed by atoms with Crippen LogP contribution in [0.2, 0.25) is 0 Å². The average Bonchev–Trinajstić information content (AvgIpc) is 2.03. The summed E-state index contributed by atoms with van der Waals surface area (Å²) in [7, 11) is 0. The van der Waals surface area contributed by atoms with E-state index in [1.54, 1.807) is 0 Å². The highest BCUT2D eigenvalue weighted by atomic mass is 32.2. The minimum absolute atomic E-state index is 0.714. The van der Waals surface area contributed by atoms with Gasteiger partial charge in [-0.05, 0) is 24.4 Å². The summed E-state index contributed by atoms with van der Waals surface area (Å²) in [5.41, 5.74) is 6.33. The Morgan fingerprint density at radius 3 is 2.82 bits per heavy atom. The zero-order valence-corrected chi connectivity index (χ0v) is 7.28. The van der Waals surface area contributed by atoms with Gasteiger partial charge in [0, 0.05) is 17.6 Å². The lowest BCUT2D eigenvalue weighted by Gasteiger charge is -1.97. The zero-order chi connectivity index (χ0) is 8.10. The van der Waals surface area contributed by atoms with Gasteiger partial charge in [0.05, 0.1) is 10.1 Å². The SMILES string of the molecule is Nc1ccccc1SN=C=S. The van der Waals surface area contributed by atoms with Crippen LogP contribution in [0.4, 0.5) is 5.69 Å². The van der Waals surface area contributed by atoms with Gasteiger partial charge in [-0.2, -0.15) is 4.40 Å². The van der Waals surface area contributed by atoms with Gasteiger partial charge in [0.25, 0.3) is 0 Å². The molecule has 0 fully saturated rings. The number of isothiocyanates is 1. The minimum atomic E-state index is 0.714. The molecule has 0 radical (unpaired) electrons. The van der Waals surface area contributed by atoms with E-state index in [1.165, 1.54) is 11.9 Å². The number of nitrogens with two attached hydrogens (primary N) is 1. The van der Waals surface area contributed by atoms with Crippen molar-refractivity contribution in [1.82, 2.24) is 0 Å². The molecule has 0 aliphatic carbocycles. The number of rotatable bonds is 2. The predicted molar refractivity (Wildman–Crippen MR) is 51.7 cm³/mol. The minimum Gasteiger partial charge on any atom is -0.398 e. The first kappa shape index (κ1) is 8.27. The molecular formula is C7H6N2S2. The van der Waals surface area contributed by atoms with Crippen LogP contribution < -0.4 is 5.73 Å². The summed E-state index contributed by atoms with van der Waals surface area (Å²) in [6, 6.07) is 7.48. The normalized spacial score (nSPS) is 8.73. The first-order chi connectivity index (χ1) is 5.34. The Hall–Kier alpha value is -0.830. The van der Waals surface area contributed by atoms with Crippen molar-refractivity contribution in [3.05, 3.63) is 24.3 Å². The molecule has 0 aliphatic heterocycles. The molecule has 2 N–H and O–H groups in total. The molecule has 0 heterocycles. The van der Waals surface area contributed by atoms with Crippen molar-refractivity contribution in [1.29, 1.82) is 0 Å². The summed E-state index contributed by atoms with van der Waals surface area (Å²) in [5, 5.41) is 2.26. The highest BCUT2D eigenvalue weighted by molar-refractivity contribution is 7.98. The second-order valence-electron chi connectivity index (χ2n) is 1.81. The van der Waals surface area contributed by atoms with E-state index in [4.69, 9.17) is 5.73 Å². The molecule has 0 unspecified atom stereocenters. The molecule has 0 aliphatic rings. The Labute approximate surface area is 74.6 Å². The standard InChI is InChI=1S/C7H6N2S2/c8-6-3-1-2-4-7(6)11-9-5-10/h1-4H,8H2. The molecule has 0 spiro atoms. The van der Waals surface area contributed by atoms with E-state index in [2.05, 4.69) is 21.8 Å². The van der Waals surface area contributed by atoms with Gasteiger partial charge in [0.15, 0.2) is 0 Å². The molecule has 4 heteroatoms. The molecule has 1 aromatic rings. The number of benzene rings is 1. The molecule has 0 bridgehead atoms. The van der Waals surface area contributed by atoms with Crippen LogP contribution >= 0.6 is 24.2 Å². The summed E-state index contributed by atoms with van der Waals surface area (Å²) >= 11 is 5.65. The van der Waals surface area contributed by atoms with Crippen molar-refractivity contribution in [2.24, 2.45) is 4.40 Å². The first-order valence-corrected chi connectivity index (χ1v) is 4.11. The fraction of sp³-hybridized carbons (Fsp3) is 0. The van der Waals surface area contributed by atoms with Crippen molar-refractivity contribution in [2.45, 2.75) is 4.90 Å². The summed E-state index contributed by atoms with van der Waals surface area (Å²) in [6.07, 6.45) is 0. The molecule has 56 valence electrons. The van der Waals surface area contributed by atoms with Crippen molar-refractivity contribution < 1.29 is 0 Å². The van der Waals surface area contributed by atoms with Crippen molar-refractivity contribution >= 4 is 35.0 Å². The van der Waals surface area contributed by atoms with Gasteiger partial charge >= 0.3 is 0 Å². The van der Waals surface area contributed by atoms with E-state index < -0.39 is 0 Å². The lowest BCUT2D eigenvalue weighted by Crippen LogP contribution is -1.85. The van der Waals surface area contributed by atoms with Crippen molar-refractivity contribution in [3.8, 4) is 0 Å². The number of hydrogen-bond acceptors (Lipinski definition) is 4. The summed E-state index contributed by atoms with van der Waals surface area (Å²) in [4.78, 5) is 0.907. The van der Waals surface area contributed by atoms with Crippen LogP contribution in [0.25, 0.3) is 0 Å². The largest absolute Gasteiger partial charge is 0.398 e. The van der Waals surface area contributed by atoms with Crippen LogP contribution in [-0.2, 0) is 0 Å². The van der Waals surface area contributed by atoms with Crippen molar-refractivity contribution in [2.75, 3.05) is 5.73 Å². The lowest BCUT2D eigenvalue weighted by molar-refractivity contribution is 1.46. The van der Waals surface area contributed by atoms with E-state index in [0.717, 1.165) is 4.90 Å². The average molecular weight is 182 g/mol. The maximum absolute atomic E-state index is 5.62. The second kappa shape index (κ2) is 4.13. The summed E-state index contributed by atoms with van der Waals surface area (Å²) < 4.78 is 3.70. The third-order valence-corrected chi connectivity index (χ3v) is 2.06. The maximum Gasteiger partial charge on any atom is 0.0722 e. The van der Waals surface area contributed by atoms with Gasteiger partial charge in [-0.25, -0.2) is 0 Å². The Bertz CT molecular complexity index is 292. The Morgan fingerprint density at radius 1 is 1.45 bits per heavy atom. The summed E-state index contributed by atoms with van der Waals surface area (Å²) in [6.45, 7) is 0. The Morgan fingerprint density at radius 2 is 2.18 bits per heavy atom. The fourth-order valence-corrected chi connectivity index (χ4v) is 1.19. The number of para-hydroxylation sites is 1. The monoisotopic (exact) mass is 182 g/mol. The number of hydrogen-bond donors (Lipinski definition) is 1. The van der Waals surface area contributed by atoms with Gasteiger partial charge in [-0.15, -0.1) is 0 Å². The molecule has 1 aromatic carbocycles. The third kappa shape index (κ3) is 2.35. The molecule has 2 nitrogen and oxygen atoms in total. The molecule has 11 heavy (non-hydrogen) atoms. The first-order valence-electron chi connectivity index (χ1n) is 2.93. The van der Waals surface area contributed by atoms with Crippen molar-refractivity contribution in [3.63, 3.8) is 0 Å². The van der Waals surface area contributed by atoms with Crippen LogP contribution in [0.1, 0.15) is 0 Å². The van der Waals surface area contributed by atoms with Gasteiger partial charge < -0.3 is 5.73 Å². The van der Waals surface area contributed by atoms with Gasteiger partial charge in [-0.3, -0.25) is 0 Å². The number of nitrogens with zero attached hydrogens (tertiary/aromatic N) is 1. The second-order valence-corrected chi connectivity index (χ2v) is 2.80. The lowest BCUT2D eigenvalue weighted by atomic mass is 10.3. The summed E-state index contributed by atoms with van der Waals surface area (Å²) in [5.74, 6) is 0. The van der Waals surface area contributed by atoms with Gasteiger partial charge in [0.2, 0.25) is 0 Å². The van der Waals surface area contributed by atoms with E-state index in [9.17, 15) is 0 Å². The number of anilines is 1. The molecule has 0 atom stereocenters. The van der Waals surface area contributed by atoms with Crippen LogP contribution in [0, 0.1) is 0 Å². The fourth-order valence-electron chi connectivity index (χ4n) is 0.631. The molecule has 0 saturated carbocycles. The smallest absolute Gasteiger partial charge is 0.0722 e.